The molecule has 0 N–H and O–H groups in total. The van der Waals surface area contributed by atoms with Gasteiger partial charge in [-0.2, -0.15) is 0 Å². The first-order chi connectivity index (χ1) is 12.2. The number of piperidine rings is 2. The lowest BCUT2D eigenvalue weighted by Crippen LogP contribution is -2.42. The van der Waals surface area contributed by atoms with Crippen LogP contribution in [-0.2, 0) is 0 Å². The minimum Gasteiger partial charge on any atom is -0.344 e. The van der Waals surface area contributed by atoms with Gasteiger partial charge in [0.2, 0.25) is 0 Å². The first-order valence-electron chi connectivity index (χ1n) is 10.1. The predicted octanol–water partition coefficient (Wildman–Crippen LogP) is 3.71. The van der Waals surface area contributed by atoms with E-state index in [1.165, 1.54) is 81.4 Å². The third-order valence-corrected chi connectivity index (χ3v) is 6.39. The number of rotatable bonds is 4. The van der Waals surface area contributed by atoms with Crippen LogP contribution < -0.4 is 0 Å². The van der Waals surface area contributed by atoms with E-state index >= 15 is 0 Å². The molecule has 0 amide bonds. The van der Waals surface area contributed by atoms with Gasteiger partial charge in [-0.15, -0.1) is 0 Å². The van der Waals surface area contributed by atoms with Crippen molar-refractivity contribution in [2.75, 3.05) is 39.3 Å². The second-order valence-electron chi connectivity index (χ2n) is 8.21. The van der Waals surface area contributed by atoms with Crippen molar-refractivity contribution in [3.8, 4) is 0 Å². The first kappa shape index (κ1) is 17.0. The van der Waals surface area contributed by atoms with Gasteiger partial charge in [-0.1, -0.05) is 6.92 Å². The second-order valence-corrected chi connectivity index (χ2v) is 8.21. The molecule has 4 rings (SSSR count). The van der Waals surface area contributed by atoms with Crippen molar-refractivity contribution in [3.05, 3.63) is 30.2 Å². The zero-order valence-corrected chi connectivity index (χ0v) is 15.8. The predicted molar refractivity (Wildman–Crippen MR) is 104 cm³/mol. The third-order valence-electron chi connectivity index (χ3n) is 6.39. The molecule has 0 unspecified atom stereocenters. The van der Waals surface area contributed by atoms with Gasteiger partial charge in [0.05, 0.1) is 5.52 Å². The van der Waals surface area contributed by atoms with E-state index in [1.54, 1.807) is 0 Å². The van der Waals surface area contributed by atoms with E-state index in [-0.39, 0.29) is 0 Å². The summed E-state index contributed by atoms with van der Waals surface area (Å²) in [7, 11) is 0. The highest BCUT2D eigenvalue weighted by atomic mass is 15.2. The van der Waals surface area contributed by atoms with Crippen LogP contribution in [0.3, 0.4) is 0 Å². The van der Waals surface area contributed by atoms with E-state index in [1.807, 2.05) is 12.4 Å². The lowest BCUT2D eigenvalue weighted by molar-refractivity contribution is 0.137. The van der Waals surface area contributed by atoms with Gasteiger partial charge in [0, 0.05) is 56.2 Å². The molecule has 4 heteroatoms. The van der Waals surface area contributed by atoms with Crippen LogP contribution >= 0.6 is 0 Å². The number of aromatic nitrogens is 2. The molecule has 0 bridgehead atoms. The van der Waals surface area contributed by atoms with Gasteiger partial charge in [0.1, 0.15) is 0 Å². The average Bonchev–Trinajstić information content (AvgIpc) is 2.99. The summed E-state index contributed by atoms with van der Waals surface area (Å²) < 4.78 is 2.51. The van der Waals surface area contributed by atoms with Crippen molar-refractivity contribution in [3.63, 3.8) is 0 Å². The molecule has 25 heavy (non-hydrogen) atoms. The topological polar surface area (TPSA) is 24.3 Å². The Balaban J connectivity index is 1.31. The van der Waals surface area contributed by atoms with Crippen molar-refractivity contribution in [1.29, 1.82) is 0 Å². The van der Waals surface area contributed by atoms with Crippen LogP contribution in [0.25, 0.3) is 10.9 Å². The number of pyridine rings is 1. The number of nitrogens with zero attached hydrogens (tertiary/aromatic N) is 4. The molecule has 0 atom stereocenters. The first-order valence-corrected chi connectivity index (χ1v) is 10.1. The van der Waals surface area contributed by atoms with Crippen LogP contribution in [-0.4, -0.2) is 58.6 Å². The van der Waals surface area contributed by atoms with E-state index in [0.29, 0.717) is 6.04 Å². The third kappa shape index (κ3) is 3.75. The SMILES string of the molecule is Cc1cn(C2CCN(CCN3CCC(C)CC3)CC2)c2ccncc12. The maximum Gasteiger partial charge on any atom is 0.0516 e. The van der Waals surface area contributed by atoms with Crippen LogP contribution in [0.1, 0.15) is 44.2 Å². The molecule has 2 aromatic rings. The van der Waals surface area contributed by atoms with Gasteiger partial charge in [-0.25, -0.2) is 0 Å². The van der Waals surface area contributed by atoms with E-state index in [2.05, 4.69) is 45.5 Å². The fourth-order valence-corrected chi connectivity index (χ4v) is 4.56. The summed E-state index contributed by atoms with van der Waals surface area (Å²) in [5, 5.41) is 1.31. The molecular formula is C21H32N4. The fourth-order valence-electron chi connectivity index (χ4n) is 4.56. The van der Waals surface area contributed by atoms with E-state index in [4.69, 9.17) is 0 Å². The summed E-state index contributed by atoms with van der Waals surface area (Å²) in [5.74, 6) is 0.932. The highest BCUT2D eigenvalue weighted by Gasteiger charge is 2.23. The zero-order chi connectivity index (χ0) is 17.2. The van der Waals surface area contributed by atoms with Gasteiger partial charge < -0.3 is 14.4 Å². The Morgan fingerprint density at radius 3 is 2.32 bits per heavy atom. The molecule has 0 spiro atoms. The number of fused-ring (bicyclic) bond motifs is 1. The number of hydrogen-bond acceptors (Lipinski definition) is 3. The second kappa shape index (κ2) is 7.46. The van der Waals surface area contributed by atoms with Crippen molar-refractivity contribution in [1.82, 2.24) is 19.4 Å². The van der Waals surface area contributed by atoms with E-state index in [0.717, 1.165) is 5.92 Å². The van der Waals surface area contributed by atoms with Gasteiger partial charge >= 0.3 is 0 Å². The van der Waals surface area contributed by atoms with Crippen LogP contribution in [0, 0.1) is 12.8 Å². The summed E-state index contributed by atoms with van der Waals surface area (Å²) >= 11 is 0. The lowest BCUT2D eigenvalue weighted by atomic mass is 9.99. The summed E-state index contributed by atoms with van der Waals surface area (Å²) in [6, 6.07) is 2.82. The van der Waals surface area contributed by atoms with Crippen LogP contribution in [0.4, 0.5) is 0 Å². The highest BCUT2D eigenvalue weighted by molar-refractivity contribution is 5.82. The monoisotopic (exact) mass is 340 g/mol. The fraction of sp³-hybridized carbons (Fsp3) is 0.667. The Hall–Kier alpha value is -1.39. The van der Waals surface area contributed by atoms with Crippen molar-refractivity contribution in [2.45, 2.75) is 45.6 Å². The molecule has 0 saturated carbocycles. The Bertz CT molecular complexity index is 691. The average molecular weight is 341 g/mol. The molecule has 4 heterocycles. The molecular weight excluding hydrogens is 308 g/mol. The van der Waals surface area contributed by atoms with Gasteiger partial charge in [0.25, 0.3) is 0 Å². The molecule has 0 aromatic carbocycles. The standard InChI is InChI=1S/C21H32N4/c1-17-4-9-23(10-5-17)13-14-24-11-6-19(7-12-24)25-16-18(2)20-15-22-8-3-21(20)25/h3,8,15-17,19H,4-7,9-14H2,1-2H3. The Morgan fingerprint density at radius 2 is 1.64 bits per heavy atom. The number of hydrogen-bond donors (Lipinski definition) is 0. The summed E-state index contributed by atoms with van der Waals surface area (Å²) in [6.45, 7) is 12.2. The Labute approximate surface area is 151 Å². The van der Waals surface area contributed by atoms with Crippen LogP contribution in [0.2, 0.25) is 0 Å². The van der Waals surface area contributed by atoms with Gasteiger partial charge in [0.15, 0.2) is 0 Å². The number of likely N-dealkylation sites (tertiary alicyclic amines) is 2. The van der Waals surface area contributed by atoms with E-state index < -0.39 is 0 Å². The van der Waals surface area contributed by atoms with Crippen molar-refractivity contribution >= 4 is 10.9 Å². The van der Waals surface area contributed by atoms with Crippen LogP contribution in [0.15, 0.2) is 24.7 Å². The summed E-state index contributed by atoms with van der Waals surface area (Å²) in [5.41, 5.74) is 2.71. The summed E-state index contributed by atoms with van der Waals surface area (Å²) in [4.78, 5) is 9.64. The van der Waals surface area contributed by atoms with E-state index in [9.17, 15) is 0 Å². The molecule has 2 aliphatic heterocycles. The smallest absolute Gasteiger partial charge is 0.0516 e. The molecule has 0 aliphatic carbocycles. The highest BCUT2D eigenvalue weighted by Crippen LogP contribution is 2.29. The molecule has 4 nitrogen and oxygen atoms in total. The Morgan fingerprint density at radius 1 is 1.00 bits per heavy atom. The zero-order valence-electron chi connectivity index (χ0n) is 15.8. The van der Waals surface area contributed by atoms with Gasteiger partial charge in [-0.05, 0) is 63.2 Å². The minimum absolute atomic E-state index is 0.644. The quantitative estimate of drug-likeness (QED) is 0.848. The van der Waals surface area contributed by atoms with Crippen LogP contribution in [0.5, 0.6) is 0 Å². The molecule has 2 aliphatic rings. The largest absolute Gasteiger partial charge is 0.344 e. The van der Waals surface area contributed by atoms with Crippen molar-refractivity contribution < 1.29 is 0 Å². The number of aryl methyl sites for hydroxylation is 1. The molecule has 2 saturated heterocycles. The lowest BCUT2D eigenvalue weighted by Gasteiger charge is -2.36. The molecule has 2 aromatic heterocycles. The minimum atomic E-state index is 0.644. The molecule has 0 radical (unpaired) electrons. The summed E-state index contributed by atoms with van der Waals surface area (Å²) in [6.07, 6.45) is 11.6. The molecule has 136 valence electrons. The Kier molecular flexibility index (Phi) is 5.09. The molecule has 2 fully saturated rings. The maximum atomic E-state index is 4.29. The van der Waals surface area contributed by atoms with Crippen molar-refractivity contribution in [2.24, 2.45) is 5.92 Å². The van der Waals surface area contributed by atoms with Gasteiger partial charge in [-0.3, -0.25) is 4.98 Å². The maximum absolute atomic E-state index is 4.29. The normalized spacial score (nSPS) is 22.0.